The average Bonchev–Trinajstić information content (AvgIpc) is 2.41. The number of halogens is 1. The molecule has 21 heavy (non-hydrogen) atoms. The van der Waals surface area contributed by atoms with Crippen LogP contribution < -0.4 is 4.90 Å². The summed E-state index contributed by atoms with van der Waals surface area (Å²) in [6, 6.07) is 11.2. The van der Waals surface area contributed by atoms with Crippen molar-refractivity contribution in [1.82, 2.24) is 0 Å². The van der Waals surface area contributed by atoms with Crippen LogP contribution in [0.2, 0.25) is 0 Å². The van der Waals surface area contributed by atoms with E-state index in [-0.39, 0.29) is 10.6 Å². The van der Waals surface area contributed by atoms with Crippen LogP contribution in [0.1, 0.15) is 16.7 Å². The van der Waals surface area contributed by atoms with Gasteiger partial charge in [-0.1, -0.05) is 22.0 Å². The van der Waals surface area contributed by atoms with Crippen molar-refractivity contribution in [3.05, 3.63) is 67.7 Å². The molecule has 0 spiro atoms. The Labute approximate surface area is 132 Å². The van der Waals surface area contributed by atoms with E-state index < -0.39 is 0 Å². The Kier molecular flexibility index (Phi) is 4.63. The van der Waals surface area contributed by atoms with E-state index in [1.165, 1.54) is 17.2 Å². The predicted molar refractivity (Wildman–Crippen MR) is 88.8 cm³/mol. The molecule has 0 aliphatic heterocycles. The first-order valence-electron chi connectivity index (χ1n) is 6.59. The second-order valence-electron chi connectivity index (χ2n) is 5.15. The average molecular weight is 349 g/mol. The van der Waals surface area contributed by atoms with E-state index in [4.69, 9.17) is 0 Å². The minimum Gasteiger partial charge on any atom is -0.370 e. The number of aryl methyl sites for hydroxylation is 2. The van der Waals surface area contributed by atoms with Crippen molar-refractivity contribution in [2.24, 2.45) is 0 Å². The van der Waals surface area contributed by atoms with Gasteiger partial charge in [-0.05, 0) is 49.2 Å². The summed E-state index contributed by atoms with van der Waals surface area (Å²) in [5, 5.41) is 11.1. The molecule has 2 rings (SSSR count). The highest BCUT2D eigenvalue weighted by molar-refractivity contribution is 9.10. The van der Waals surface area contributed by atoms with Gasteiger partial charge in [-0.25, -0.2) is 0 Å². The molecule has 0 fully saturated rings. The molecular weight excluding hydrogens is 332 g/mol. The summed E-state index contributed by atoms with van der Waals surface area (Å²) >= 11 is 3.37. The number of anilines is 1. The van der Waals surface area contributed by atoms with Gasteiger partial charge in [-0.3, -0.25) is 10.1 Å². The van der Waals surface area contributed by atoms with Gasteiger partial charge in [-0.2, -0.15) is 0 Å². The summed E-state index contributed by atoms with van der Waals surface area (Å²) in [6.45, 7) is 4.62. The van der Waals surface area contributed by atoms with Gasteiger partial charge in [0.15, 0.2) is 0 Å². The number of nitro groups is 1. The van der Waals surface area contributed by atoms with Crippen molar-refractivity contribution in [2.75, 3.05) is 11.9 Å². The lowest BCUT2D eigenvalue weighted by molar-refractivity contribution is -0.385. The zero-order valence-electron chi connectivity index (χ0n) is 12.3. The standard InChI is InChI=1S/C16H17BrN2O2/c1-11-4-6-15(8-12(11)2)18(3)10-13-9-14(17)5-7-16(13)19(20)21/h4-9H,10H2,1-3H3. The quantitative estimate of drug-likeness (QED) is 0.598. The maximum absolute atomic E-state index is 11.1. The lowest BCUT2D eigenvalue weighted by Gasteiger charge is -2.20. The maximum Gasteiger partial charge on any atom is 0.274 e. The fourth-order valence-corrected chi connectivity index (χ4v) is 2.58. The molecular formula is C16H17BrN2O2. The summed E-state index contributed by atoms with van der Waals surface area (Å²) in [5.74, 6) is 0. The third-order valence-electron chi connectivity index (χ3n) is 3.58. The van der Waals surface area contributed by atoms with E-state index in [0.29, 0.717) is 12.1 Å². The van der Waals surface area contributed by atoms with Crippen molar-refractivity contribution in [2.45, 2.75) is 20.4 Å². The Morgan fingerprint density at radius 2 is 1.86 bits per heavy atom. The Hall–Kier alpha value is -1.88. The van der Waals surface area contributed by atoms with Crippen molar-refractivity contribution >= 4 is 27.3 Å². The minimum atomic E-state index is -0.337. The molecule has 2 aromatic rings. The first kappa shape index (κ1) is 15.5. The Bertz CT molecular complexity index is 686. The fourth-order valence-electron chi connectivity index (χ4n) is 2.17. The number of nitro benzene ring substituents is 1. The monoisotopic (exact) mass is 348 g/mol. The van der Waals surface area contributed by atoms with Crippen molar-refractivity contribution < 1.29 is 4.92 Å². The number of hydrogen-bond donors (Lipinski definition) is 0. The van der Waals surface area contributed by atoms with Crippen LogP contribution in [0.5, 0.6) is 0 Å². The van der Waals surface area contributed by atoms with E-state index in [2.05, 4.69) is 41.9 Å². The largest absolute Gasteiger partial charge is 0.370 e. The zero-order valence-corrected chi connectivity index (χ0v) is 13.8. The van der Waals surface area contributed by atoms with Crippen LogP contribution in [0.25, 0.3) is 0 Å². The molecule has 0 bridgehead atoms. The number of benzene rings is 2. The van der Waals surface area contributed by atoms with Crippen molar-refractivity contribution in [3.8, 4) is 0 Å². The van der Waals surface area contributed by atoms with Crippen LogP contribution in [-0.2, 0) is 6.54 Å². The molecule has 0 amide bonds. The molecule has 0 aromatic heterocycles. The normalized spacial score (nSPS) is 10.5. The molecule has 0 radical (unpaired) electrons. The third-order valence-corrected chi connectivity index (χ3v) is 4.07. The van der Waals surface area contributed by atoms with Gasteiger partial charge >= 0.3 is 0 Å². The molecule has 0 heterocycles. The third kappa shape index (κ3) is 3.61. The molecule has 2 aromatic carbocycles. The van der Waals surface area contributed by atoms with Gasteiger partial charge in [0.05, 0.1) is 10.5 Å². The highest BCUT2D eigenvalue weighted by Gasteiger charge is 2.15. The predicted octanol–water partition coefficient (Wildman–Crippen LogP) is 4.61. The molecule has 0 unspecified atom stereocenters. The summed E-state index contributed by atoms with van der Waals surface area (Å²) in [7, 11) is 1.94. The summed E-state index contributed by atoms with van der Waals surface area (Å²) < 4.78 is 0.844. The van der Waals surface area contributed by atoms with Crippen molar-refractivity contribution in [3.63, 3.8) is 0 Å². The molecule has 4 nitrogen and oxygen atoms in total. The first-order chi connectivity index (χ1) is 9.88. The van der Waals surface area contributed by atoms with Gasteiger partial charge in [0, 0.05) is 29.8 Å². The summed E-state index contributed by atoms with van der Waals surface area (Å²) in [6.07, 6.45) is 0. The number of nitrogens with zero attached hydrogens (tertiary/aromatic N) is 2. The van der Waals surface area contributed by atoms with Gasteiger partial charge in [0.2, 0.25) is 0 Å². The molecule has 0 aliphatic carbocycles. The fraction of sp³-hybridized carbons (Fsp3) is 0.250. The molecule has 0 N–H and O–H groups in total. The SMILES string of the molecule is Cc1ccc(N(C)Cc2cc(Br)ccc2[N+](=O)[O-])cc1C. The van der Waals surface area contributed by atoms with Crippen molar-refractivity contribution in [1.29, 1.82) is 0 Å². The topological polar surface area (TPSA) is 46.4 Å². The highest BCUT2D eigenvalue weighted by Crippen LogP contribution is 2.26. The Balaban J connectivity index is 2.30. The highest BCUT2D eigenvalue weighted by atomic mass is 79.9. The van der Waals surface area contributed by atoms with E-state index in [9.17, 15) is 10.1 Å². The summed E-state index contributed by atoms with van der Waals surface area (Å²) in [4.78, 5) is 12.8. The Morgan fingerprint density at radius 1 is 1.14 bits per heavy atom. The van der Waals surface area contributed by atoms with Gasteiger partial charge in [0.1, 0.15) is 0 Å². The van der Waals surface area contributed by atoms with E-state index in [1.807, 2.05) is 18.0 Å². The molecule has 0 saturated carbocycles. The van der Waals surface area contributed by atoms with Crippen LogP contribution in [0.15, 0.2) is 40.9 Å². The molecule has 5 heteroatoms. The van der Waals surface area contributed by atoms with E-state index in [1.54, 1.807) is 12.1 Å². The van der Waals surface area contributed by atoms with Crippen LogP contribution in [0.3, 0.4) is 0 Å². The molecule has 0 aliphatic rings. The first-order valence-corrected chi connectivity index (χ1v) is 7.39. The summed E-state index contributed by atoms with van der Waals surface area (Å²) in [5.41, 5.74) is 4.33. The maximum atomic E-state index is 11.1. The van der Waals surface area contributed by atoms with Crippen LogP contribution in [0.4, 0.5) is 11.4 Å². The lowest BCUT2D eigenvalue weighted by atomic mass is 10.1. The van der Waals surface area contributed by atoms with Crippen LogP contribution in [0, 0.1) is 24.0 Å². The zero-order chi connectivity index (χ0) is 15.6. The van der Waals surface area contributed by atoms with E-state index >= 15 is 0 Å². The number of rotatable bonds is 4. The number of hydrogen-bond acceptors (Lipinski definition) is 3. The second-order valence-corrected chi connectivity index (χ2v) is 6.07. The second kappa shape index (κ2) is 6.26. The van der Waals surface area contributed by atoms with Gasteiger partial charge < -0.3 is 4.90 Å². The minimum absolute atomic E-state index is 0.147. The lowest BCUT2D eigenvalue weighted by Crippen LogP contribution is -2.17. The molecule has 0 saturated heterocycles. The van der Waals surface area contributed by atoms with Crippen LogP contribution in [-0.4, -0.2) is 12.0 Å². The van der Waals surface area contributed by atoms with Gasteiger partial charge in [-0.15, -0.1) is 0 Å². The smallest absolute Gasteiger partial charge is 0.274 e. The Morgan fingerprint density at radius 3 is 2.48 bits per heavy atom. The van der Waals surface area contributed by atoms with Gasteiger partial charge in [0.25, 0.3) is 5.69 Å². The molecule has 110 valence electrons. The van der Waals surface area contributed by atoms with E-state index in [0.717, 1.165) is 10.2 Å². The van der Waals surface area contributed by atoms with Crippen LogP contribution >= 0.6 is 15.9 Å². The molecule has 0 atom stereocenters.